The molecule has 3 aromatic rings. The van der Waals surface area contributed by atoms with E-state index in [1.807, 2.05) is 24.3 Å². The van der Waals surface area contributed by atoms with E-state index >= 15 is 0 Å². The number of phenols is 2. The van der Waals surface area contributed by atoms with Gasteiger partial charge >= 0.3 is 0 Å². The Morgan fingerprint density at radius 3 is 2.48 bits per heavy atom. The zero-order chi connectivity index (χ0) is 20.4. The fraction of sp³-hybridized carbons (Fsp3) is 0.273. The van der Waals surface area contributed by atoms with Crippen LogP contribution in [0.5, 0.6) is 11.5 Å². The number of likely N-dealkylation sites (tertiary alicyclic amines) is 1. The van der Waals surface area contributed by atoms with Crippen molar-refractivity contribution in [3.8, 4) is 33.9 Å². The number of nitrogens with zero attached hydrogens (tertiary/aromatic N) is 2. The highest BCUT2D eigenvalue weighted by Gasteiger charge is 2.23. The maximum atomic E-state index is 11.5. The molecule has 0 amide bonds. The van der Waals surface area contributed by atoms with Gasteiger partial charge < -0.3 is 14.7 Å². The zero-order valence-electron chi connectivity index (χ0n) is 15.8. The molecule has 0 bridgehead atoms. The molecule has 7 heteroatoms. The standard InChI is InChI=1S/C22H21ClN2O4/c23-17-10-16(19(27)11-20(17)28)22-21(18(13-26)24-29-22)15-6-4-14(5-7-15)12-25-8-2-1-3-9-25/h4-7,10-11,13,27-28H,1-3,8-9,12H2. The fourth-order valence-corrected chi connectivity index (χ4v) is 3.89. The Hall–Kier alpha value is -2.83. The Bertz CT molecular complexity index is 1020. The minimum atomic E-state index is -0.244. The molecule has 0 atom stereocenters. The Labute approximate surface area is 173 Å². The molecule has 0 aliphatic carbocycles. The summed E-state index contributed by atoms with van der Waals surface area (Å²) in [5, 5.41) is 23.8. The van der Waals surface area contributed by atoms with Crippen molar-refractivity contribution >= 4 is 17.9 Å². The first-order valence-electron chi connectivity index (χ1n) is 9.55. The molecule has 1 aromatic heterocycles. The molecule has 4 rings (SSSR count). The van der Waals surface area contributed by atoms with E-state index in [0.717, 1.165) is 31.3 Å². The number of carbonyl (C=O) groups excluding carboxylic acids is 1. The lowest BCUT2D eigenvalue weighted by Crippen LogP contribution is -2.28. The van der Waals surface area contributed by atoms with E-state index < -0.39 is 0 Å². The van der Waals surface area contributed by atoms with Gasteiger partial charge in [-0.15, -0.1) is 0 Å². The average molecular weight is 413 g/mol. The highest BCUT2D eigenvalue weighted by atomic mass is 35.5. The lowest BCUT2D eigenvalue weighted by atomic mass is 9.98. The van der Waals surface area contributed by atoms with Gasteiger partial charge in [-0.1, -0.05) is 47.4 Å². The highest BCUT2D eigenvalue weighted by Crippen LogP contribution is 2.42. The third-order valence-corrected chi connectivity index (χ3v) is 5.54. The average Bonchev–Trinajstić information content (AvgIpc) is 3.16. The van der Waals surface area contributed by atoms with Crippen molar-refractivity contribution in [3.63, 3.8) is 0 Å². The number of aromatic nitrogens is 1. The second kappa shape index (κ2) is 8.27. The second-order valence-corrected chi connectivity index (χ2v) is 7.65. The SMILES string of the molecule is O=Cc1noc(-c2cc(Cl)c(O)cc2O)c1-c1ccc(CN2CCCCC2)cc1. The molecule has 1 fully saturated rings. The zero-order valence-corrected chi connectivity index (χ0v) is 16.5. The van der Waals surface area contributed by atoms with Crippen molar-refractivity contribution in [2.45, 2.75) is 25.8 Å². The molecule has 6 nitrogen and oxygen atoms in total. The quantitative estimate of drug-likeness (QED) is 0.581. The van der Waals surface area contributed by atoms with Crippen LogP contribution in [-0.2, 0) is 6.54 Å². The van der Waals surface area contributed by atoms with Gasteiger partial charge in [0, 0.05) is 12.6 Å². The number of phenolic OH excluding ortho intramolecular Hbond substituents is 2. The first kappa shape index (κ1) is 19.5. The van der Waals surface area contributed by atoms with Crippen molar-refractivity contribution in [1.82, 2.24) is 10.1 Å². The number of hydrogen-bond acceptors (Lipinski definition) is 6. The van der Waals surface area contributed by atoms with Crippen molar-refractivity contribution < 1.29 is 19.5 Å². The summed E-state index contributed by atoms with van der Waals surface area (Å²) < 4.78 is 5.36. The number of benzene rings is 2. The van der Waals surface area contributed by atoms with Gasteiger partial charge in [-0.25, -0.2) is 0 Å². The number of piperidine rings is 1. The monoisotopic (exact) mass is 412 g/mol. The molecule has 150 valence electrons. The summed E-state index contributed by atoms with van der Waals surface area (Å²) in [6, 6.07) is 10.4. The topological polar surface area (TPSA) is 86.8 Å². The van der Waals surface area contributed by atoms with Crippen molar-refractivity contribution in [3.05, 3.63) is 52.7 Å². The van der Waals surface area contributed by atoms with Crippen LogP contribution in [-0.4, -0.2) is 39.6 Å². The number of carbonyl (C=O) groups is 1. The predicted molar refractivity (Wildman–Crippen MR) is 110 cm³/mol. The van der Waals surface area contributed by atoms with Gasteiger partial charge in [0.1, 0.15) is 11.5 Å². The minimum absolute atomic E-state index is 0.0599. The number of hydrogen-bond donors (Lipinski definition) is 2. The van der Waals surface area contributed by atoms with Gasteiger partial charge in [-0.05, 0) is 43.1 Å². The summed E-state index contributed by atoms with van der Waals surface area (Å²) in [7, 11) is 0. The van der Waals surface area contributed by atoms with Crippen molar-refractivity contribution in [2.75, 3.05) is 13.1 Å². The van der Waals surface area contributed by atoms with E-state index in [9.17, 15) is 15.0 Å². The highest BCUT2D eigenvalue weighted by molar-refractivity contribution is 6.32. The maximum Gasteiger partial charge on any atom is 0.179 e. The van der Waals surface area contributed by atoms with E-state index in [-0.39, 0.29) is 33.5 Å². The van der Waals surface area contributed by atoms with Crippen LogP contribution in [0.25, 0.3) is 22.5 Å². The van der Waals surface area contributed by atoms with E-state index in [4.69, 9.17) is 16.1 Å². The number of aldehydes is 1. The Balaban J connectivity index is 1.69. The summed E-state index contributed by atoms with van der Waals surface area (Å²) >= 11 is 5.99. The van der Waals surface area contributed by atoms with Gasteiger partial charge in [0.25, 0.3) is 0 Å². The molecule has 2 heterocycles. The fourth-order valence-electron chi connectivity index (χ4n) is 3.73. The first-order chi connectivity index (χ1) is 14.1. The van der Waals surface area contributed by atoms with E-state index in [1.54, 1.807) is 0 Å². The molecule has 0 radical (unpaired) electrons. The molecule has 2 aromatic carbocycles. The third kappa shape index (κ3) is 3.99. The van der Waals surface area contributed by atoms with Gasteiger partial charge in [-0.2, -0.15) is 0 Å². The van der Waals surface area contributed by atoms with Gasteiger partial charge in [-0.3, -0.25) is 9.69 Å². The summed E-state index contributed by atoms with van der Waals surface area (Å²) in [5.74, 6) is -0.245. The lowest BCUT2D eigenvalue weighted by Gasteiger charge is -2.26. The molecule has 1 aliphatic heterocycles. The van der Waals surface area contributed by atoms with E-state index in [1.165, 1.54) is 30.9 Å². The molecule has 0 unspecified atom stereocenters. The number of halogens is 1. The maximum absolute atomic E-state index is 11.5. The molecule has 29 heavy (non-hydrogen) atoms. The van der Waals surface area contributed by atoms with Gasteiger partial charge in [0.2, 0.25) is 0 Å². The smallest absolute Gasteiger partial charge is 0.179 e. The van der Waals surface area contributed by atoms with Gasteiger partial charge in [0.05, 0.1) is 16.1 Å². The molecular formula is C22H21ClN2O4. The van der Waals surface area contributed by atoms with Crippen LogP contribution < -0.4 is 0 Å². The van der Waals surface area contributed by atoms with Crippen LogP contribution >= 0.6 is 11.6 Å². The van der Waals surface area contributed by atoms with Crippen LogP contribution in [0.4, 0.5) is 0 Å². The predicted octanol–water partition coefficient (Wildman–Crippen LogP) is 4.87. The van der Waals surface area contributed by atoms with Crippen LogP contribution in [0.15, 0.2) is 40.9 Å². The molecule has 0 saturated carbocycles. The summed E-state index contributed by atoms with van der Waals surface area (Å²) in [6.45, 7) is 3.13. The van der Waals surface area contributed by atoms with Crippen molar-refractivity contribution in [1.29, 1.82) is 0 Å². The van der Waals surface area contributed by atoms with Gasteiger partial charge in [0.15, 0.2) is 17.7 Å². The lowest BCUT2D eigenvalue weighted by molar-refractivity contribution is 0.111. The van der Waals surface area contributed by atoms with Crippen LogP contribution in [0.2, 0.25) is 5.02 Å². The molecule has 0 spiro atoms. The molecule has 1 aliphatic rings. The number of aromatic hydroxyl groups is 2. The summed E-state index contributed by atoms with van der Waals surface area (Å²) in [5.41, 5.74) is 2.79. The first-order valence-corrected chi connectivity index (χ1v) is 9.93. The van der Waals surface area contributed by atoms with Crippen LogP contribution in [0.3, 0.4) is 0 Å². The van der Waals surface area contributed by atoms with Crippen LogP contribution in [0, 0.1) is 0 Å². The van der Waals surface area contributed by atoms with E-state index in [0.29, 0.717) is 11.8 Å². The second-order valence-electron chi connectivity index (χ2n) is 7.24. The Kier molecular flexibility index (Phi) is 5.56. The summed E-state index contributed by atoms with van der Waals surface area (Å²) in [6.07, 6.45) is 4.39. The Morgan fingerprint density at radius 1 is 1.07 bits per heavy atom. The Morgan fingerprint density at radius 2 is 1.79 bits per heavy atom. The molecule has 2 N–H and O–H groups in total. The molecular weight excluding hydrogens is 392 g/mol. The van der Waals surface area contributed by atoms with Crippen molar-refractivity contribution in [2.24, 2.45) is 0 Å². The number of rotatable bonds is 5. The largest absolute Gasteiger partial charge is 0.507 e. The third-order valence-electron chi connectivity index (χ3n) is 5.24. The minimum Gasteiger partial charge on any atom is -0.507 e. The van der Waals surface area contributed by atoms with E-state index in [2.05, 4.69) is 10.1 Å². The summed E-state index contributed by atoms with van der Waals surface area (Å²) in [4.78, 5) is 14.0. The normalized spacial score (nSPS) is 14.8. The molecule has 1 saturated heterocycles. The van der Waals surface area contributed by atoms with Crippen LogP contribution in [0.1, 0.15) is 35.3 Å².